The molecule has 0 aliphatic carbocycles. The van der Waals surface area contributed by atoms with Crippen molar-refractivity contribution in [3.63, 3.8) is 0 Å². The summed E-state index contributed by atoms with van der Waals surface area (Å²) in [5, 5.41) is 31.9. The van der Waals surface area contributed by atoms with Gasteiger partial charge >= 0.3 is 0 Å². The first kappa shape index (κ1) is 40.6. The molecular weight excluding hydrogens is 660 g/mol. The minimum Gasteiger partial charge on any atom is -0.396 e. The van der Waals surface area contributed by atoms with Crippen molar-refractivity contribution in [1.29, 1.82) is 0 Å². The van der Waals surface area contributed by atoms with Crippen LogP contribution in [0.4, 0.5) is 0 Å². The van der Waals surface area contributed by atoms with Crippen molar-refractivity contribution in [2.75, 3.05) is 27.9 Å². The maximum Gasteiger partial charge on any atom is 0.161 e. The number of aliphatic hydroxyl groups is 3. The van der Waals surface area contributed by atoms with Gasteiger partial charge in [0.05, 0.1) is 67.1 Å². The Labute approximate surface area is 296 Å². The van der Waals surface area contributed by atoms with Gasteiger partial charge in [0.25, 0.3) is 0 Å². The van der Waals surface area contributed by atoms with Gasteiger partial charge < -0.3 is 72.2 Å². The zero-order valence-electron chi connectivity index (χ0n) is 31.0. The van der Waals surface area contributed by atoms with E-state index in [1.807, 2.05) is 34.6 Å². The molecule has 5 aliphatic heterocycles. The van der Waals surface area contributed by atoms with Crippen LogP contribution >= 0.6 is 0 Å². The fourth-order valence-corrected chi connectivity index (χ4v) is 8.17. The summed E-state index contributed by atoms with van der Waals surface area (Å²) < 4.78 is 72.9. The average Bonchev–Trinajstić information content (AvgIpc) is 3.07. The molecule has 0 aromatic carbocycles. The third-order valence-corrected chi connectivity index (χ3v) is 10.9. The number of methoxy groups -OCH3 is 3. The molecule has 20 unspecified atom stereocenters. The van der Waals surface area contributed by atoms with Crippen molar-refractivity contribution in [3.05, 3.63) is 0 Å². The van der Waals surface area contributed by atoms with Gasteiger partial charge in [0.15, 0.2) is 25.2 Å². The zero-order valence-corrected chi connectivity index (χ0v) is 31.0. The van der Waals surface area contributed by atoms with Crippen LogP contribution in [0.5, 0.6) is 0 Å². The van der Waals surface area contributed by atoms with Crippen LogP contribution in [0.3, 0.4) is 0 Å². The van der Waals surface area contributed by atoms with Crippen LogP contribution < -0.4 is 0 Å². The van der Waals surface area contributed by atoms with Crippen LogP contribution in [-0.2, 0) is 56.8 Å². The van der Waals surface area contributed by atoms with E-state index in [2.05, 4.69) is 0 Å². The lowest BCUT2D eigenvalue weighted by molar-refractivity contribution is -0.346. The van der Waals surface area contributed by atoms with Crippen molar-refractivity contribution in [2.24, 2.45) is 5.92 Å². The molecule has 0 aromatic heterocycles. The second-order valence-corrected chi connectivity index (χ2v) is 14.6. The van der Waals surface area contributed by atoms with Gasteiger partial charge in [0, 0.05) is 66.0 Å². The Morgan fingerprint density at radius 1 is 0.480 bits per heavy atom. The maximum absolute atomic E-state index is 11.3. The maximum atomic E-state index is 11.3. The summed E-state index contributed by atoms with van der Waals surface area (Å²) in [4.78, 5) is 0. The van der Waals surface area contributed by atoms with Gasteiger partial charge in [-0.05, 0) is 41.5 Å². The zero-order chi connectivity index (χ0) is 36.3. The number of ether oxygens (including phenoxy) is 12. The third kappa shape index (κ3) is 9.54. The highest BCUT2D eigenvalue weighted by molar-refractivity contribution is 4.91. The van der Waals surface area contributed by atoms with E-state index in [0.717, 1.165) is 6.42 Å². The highest BCUT2D eigenvalue weighted by atomic mass is 16.8. The highest BCUT2D eigenvalue weighted by Gasteiger charge is 2.48. The van der Waals surface area contributed by atoms with Crippen LogP contribution in [0.1, 0.15) is 73.6 Å². The van der Waals surface area contributed by atoms with E-state index in [9.17, 15) is 15.3 Å². The molecule has 3 N–H and O–H groups in total. The van der Waals surface area contributed by atoms with E-state index in [1.165, 1.54) is 0 Å². The van der Waals surface area contributed by atoms with Gasteiger partial charge in [-0.15, -0.1) is 0 Å². The summed E-state index contributed by atoms with van der Waals surface area (Å²) in [7, 11) is 4.87. The first-order valence-electron chi connectivity index (χ1n) is 18.3. The molecule has 20 atom stereocenters. The molecule has 292 valence electrons. The van der Waals surface area contributed by atoms with Crippen LogP contribution in [0, 0.1) is 5.92 Å². The molecule has 0 saturated carbocycles. The second-order valence-electron chi connectivity index (χ2n) is 14.6. The topological polar surface area (TPSA) is 171 Å². The molecule has 0 radical (unpaired) electrons. The van der Waals surface area contributed by atoms with Gasteiger partial charge in [-0.2, -0.15) is 0 Å². The quantitative estimate of drug-likeness (QED) is 0.265. The monoisotopic (exact) mass is 722 g/mol. The van der Waals surface area contributed by atoms with Crippen molar-refractivity contribution in [1.82, 2.24) is 0 Å². The molecule has 50 heavy (non-hydrogen) atoms. The smallest absolute Gasteiger partial charge is 0.161 e. The largest absolute Gasteiger partial charge is 0.396 e. The first-order chi connectivity index (χ1) is 23.8. The lowest BCUT2D eigenvalue weighted by Crippen LogP contribution is -2.57. The number of aliphatic hydroxyl groups excluding tert-OH is 3. The molecule has 5 fully saturated rings. The molecular formula is C35H62O15. The first-order valence-corrected chi connectivity index (χ1v) is 18.3. The molecule has 5 heterocycles. The standard InChI is InChI=1S/C35H62O15/c1-16-10-25(40-8)34(20(5)42-16)50-30-14-26(41-9)35(21(6)46-30)49-28-12-23(37)33(19(4)45-28)48-27-11-22(15-36)32(18(3)44-27)47-29-13-24(39-7)31(38)17(2)43-29/h16-38H,10-15H2,1-9H3. The molecule has 5 aliphatic rings. The Balaban J connectivity index is 1.12. The summed E-state index contributed by atoms with van der Waals surface area (Å²) >= 11 is 0. The van der Waals surface area contributed by atoms with E-state index in [0.29, 0.717) is 19.3 Å². The summed E-state index contributed by atoms with van der Waals surface area (Å²) in [6, 6.07) is 0. The Morgan fingerprint density at radius 2 is 0.900 bits per heavy atom. The van der Waals surface area contributed by atoms with Gasteiger partial charge in [-0.1, -0.05) is 0 Å². The van der Waals surface area contributed by atoms with E-state index in [4.69, 9.17) is 56.8 Å². The number of rotatable bonds is 12. The van der Waals surface area contributed by atoms with E-state index in [1.54, 1.807) is 28.3 Å². The third-order valence-electron chi connectivity index (χ3n) is 10.9. The van der Waals surface area contributed by atoms with Crippen LogP contribution in [0.25, 0.3) is 0 Å². The average molecular weight is 723 g/mol. The molecule has 0 amide bonds. The SMILES string of the molecule is COC1CC(OC2C(CO)CC(OC3C(O)CC(OC4C(C)OC(OC5C(C)OC(C)CC5OC)CC4OC)OC3C)OC2C)OC(C)C1O. The van der Waals surface area contributed by atoms with Crippen molar-refractivity contribution in [2.45, 2.75) is 190 Å². The van der Waals surface area contributed by atoms with E-state index >= 15 is 0 Å². The Hall–Kier alpha value is -0.600. The van der Waals surface area contributed by atoms with Gasteiger partial charge in [0.2, 0.25) is 0 Å². The fourth-order valence-electron chi connectivity index (χ4n) is 8.17. The lowest BCUT2D eigenvalue weighted by Gasteiger charge is -2.47. The Morgan fingerprint density at radius 3 is 1.46 bits per heavy atom. The molecule has 15 nitrogen and oxygen atoms in total. The molecule has 5 saturated heterocycles. The van der Waals surface area contributed by atoms with Gasteiger partial charge in [-0.3, -0.25) is 0 Å². The van der Waals surface area contributed by atoms with Crippen molar-refractivity contribution >= 4 is 0 Å². The predicted molar refractivity (Wildman–Crippen MR) is 175 cm³/mol. The normalized spacial score (nSPS) is 50.6. The Kier molecular flexibility index (Phi) is 14.7. The molecule has 15 heteroatoms. The highest BCUT2D eigenvalue weighted by Crippen LogP contribution is 2.36. The van der Waals surface area contributed by atoms with E-state index in [-0.39, 0.29) is 55.6 Å². The summed E-state index contributed by atoms with van der Waals surface area (Å²) in [5.41, 5.74) is 0. The fraction of sp³-hybridized carbons (Fsp3) is 1.00. The molecule has 5 rings (SSSR count). The minimum absolute atomic E-state index is 0.0832. The van der Waals surface area contributed by atoms with Crippen molar-refractivity contribution < 1.29 is 72.2 Å². The summed E-state index contributed by atoms with van der Waals surface area (Å²) in [6.07, 6.45) is -6.93. The predicted octanol–water partition coefficient (Wildman–Crippen LogP) is 1.64. The van der Waals surface area contributed by atoms with Gasteiger partial charge in [-0.25, -0.2) is 0 Å². The summed E-state index contributed by atoms with van der Waals surface area (Å²) in [5.74, 6) is -0.312. The number of hydrogen-bond acceptors (Lipinski definition) is 15. The number of hydrogen-bond donors (Lipinski definition) is 3. The minimum atomic E-state index is -0.906. The van der Waals surface area contributed by atoms with Crippen molar-refractivity contribution in [3.8, 4) is 0 Å². The second kappa shape index (κ2) is 18.2. The van der Waals surface area contributed by atoms with Crippen LogP contribution in [0.2, 0.25) is 0 Å². The summed E-state index contributed by atoms with van der Waals surface area (Å²) in [6.45, 7) is 11.2. The van der Waals surface area contributed by atoms with Gasteiger partial charge in [0.1, 0.15) is 24.4 Å². The molecule has 0 aromatic rings. The molecule has 0 bridgehead atoms. The lowest BCUT2D eigenvalue weighted by atomic mass is 9.92. The Bertz CT molecular complexity index is 1010. The van der Waals surface area contributed by atoms with E-state index < -0.39 is 80.1 Å². The van der Waals surface area contributed by atoms with Crippen LogP contribution in [0.15, 0.2) is 0 Å². The molecule has 0 spiro atoms. The van der Waals surface area contributed by atoms with Crippen LogP contribution in [-0.4, -0.2) is 160 Å².